The first-order chi connectivity index (χ1) is 12.2. The smallest absolute Gasteiger partial charge is 0.247 e. The van der Waals surface area contributed by atoms with E-state index in [0.717, 1.165) is 42.9 Å². The van der Waals surface area contributed by atoms with E-state index in [1.807, 2.05) is 41.3 Å². The van der Waals surface area contributed by atoms with E-state index in [2.05, 4.69) is 18.0 Å². The summed E-state index contributed by atoms with van der Waals surface area (Å²) in [7, 11) is 0. The molecule has 1 atom stereocenters. The minimum Gasteiger partial charge on any atom is -0.493 e. The van der Waals surface area contributed by atoms with Crippen molar-refractivity contribution in [2.24, 2.45) is 0 Å². The van der Waals surface area contributed by atoms with E-state index in [1.165, 1.54) is 5.56 Å². The molecule has 1 aromatic carbocycles. The van der Waals surface area contributed by atoms with Gasteiger partial charge in [0, 0.05) is 24.7 Å². The van der Waals surface area contributed by atoms with Gasteiger partial charge in [-0.1, -0.05) is 12.1 Å². The third-order valence-corrected chi connectivity index (χ3v) is 4.86. The van der Waals surface area contributed by atoms with Gasteiger partial charge in [0.25, 0.3) is 0 Å². The van der Waals surface area contributed by atoms with Crippen molar-refractivity contribution in [1.82, 2.24) is 9.88 Å². The predicted molar refractivity (Wildman–Crippen MR) is 97.2 cm³/mol. The zero-order valence-corrected chi connectivity index (χ0v) is 14.4. The number of carbonyl (C=O) groups is 1. The van der Waals surface area contributed by atoms with Crippen molar-refractivity contribution in [3.05, 3.63) is 65.5 Å². The molecule has 4 rings (SSSR count). The second-order valence-corrected chi connectivity index (χ2v) is 6.71. The van der Waals surface area contributed by atoms with E-state index in [1.54, 1.807) is 12.3 Å². The molecule has 1 fully saturated rings. The van der Waals surface area contributed by atoms with Crippen LogP contribution in [0, 0.1) is 0 Å². The van der Waals surface area contributed by atoms with Crippen LogP contribution in [0.15, 0.2) is 48.7 Å². The van der Waals surface area contributed by atoms with Crippen LogP contribution in [0.5, 0.6) is 5.75 Å². The molecule has 4 nitrogen and oxygen atoms in total. The maximum atomic E-state index is 12.8. The molecule has 2 heterocycles. The minimum absolute atomic E-state index is 0.0146. The normalized spacial score (nSPS) is 17.2. The molecule has 0 spiro atoms. The summed E-state index contributed by atoms with van der Waals surface area (Å²) in [5.41, 5.74) is 3.19. The fourth-order valence-electron chi connectivity index (χ4n) is 3.37. The highest BCUT2D eigenvalue weighted by atomic mass is 16.5. The van der Waals surface area contributed by atoms with Gasteiger partial charge in [0.05, 0.1) is 18.3 Å². The van der Waals surface area contributed by atoms with Gasteiger partial charge in [-0.3, -0.25) is 9.78 Å². The van der Waals surface area contributed by atoms with Gasteiger partial charge in [-0.05, 0) is 61.2 Å². The largest absolute Gasteiger partial charge is 0.493 e. The number of nitrogens with zero attached hydrogens (tertiary/aromatic N) is 2. The number of amides is 1. The van der Waals surface area contributed by atoms with Gasteiger partial charge in [0.1, 0.15) is 5.75 Å². The molecule has 1 aliphatic carbocycles. The van der Waals surface area contributed by atoms with Crippen LogP contribution in [-0.2, 0) is 11.2 Å². The van der Waals surface area contributed by atoms with Gasteiger partial charge in [0.2, 0.25) is 5.91 Å². The Morgan fingerprint density at radius 1 is 1.32 bits per heavy atom. The van der Waals surface area contributed by atoms with Crippen LogP contribution < -0.4 is 4.74 Å². The lowest BCUT2D eigenvalue weighted by Crippen LogP contribution is -2.34. The van der Waals surface area contributed by atoms with Gasteiger partial charge >= 0.3 is 0 Å². The van der Waals surface area contributed by atoms with E-state index < -0.39 is 0 Å². The predicted octanol–water partition coefficient (Wildman–Crippen LogP) is 3.78. The summed E-state index contributed by atoms with van der Waals surface area (Å²) in [5.74, 6) is 1.02. The number of carbonyl (C=O) groups excluding carboxylic acids is 1. The topological polar surface area (TPSA) is 42.4 Å². The summed E-state index contributed by atoms with van der Waals surface area (Å²) in [6, 6.07) is 12.3. The summed E-state index contributed by atoms with van der Waals surface area (Å²) in [5, 5.41) is 0. The number of fused-ring (bicyclic) bond motifs is 1. The van der Waals surface area contributed by atoms with Crippen molar-refractivity contribution < 1.29 is 9.53 Å². The highest BCUT2D eigenvalue weighted by molar-refractivity contribution is 5.92. The zero-order valence-electron chi connectivity index (χ0n) is 14.4. The molecule has 0 bridgehead atoms. The molecule has 1 amide bonds. The van der Waals surface area contributed by atoms with Crippen LogP contribution in [-0.4, -0.2) is 28.4 Å². The molecule has 1 aliphatic heterocycles. The molecule has 0 saturated heterocycles. The molecule has 1 aromatic heterocycles. The first-order valence-electron chi connectivity index (χ1n) is 8.89. The summed E-state index contributed by atoms with van der Waals surface area (Å²) < 4.78 is 5.53. The van der Waals surface area contributed by atoms with Crippen LogP contribution in [0.2, 0.25) is 0 Å². The van der Waals surface area contributed by atoms with Gasteiger partial charge in [-0.25, -0.2) is 0 Å². The van der Waals surface area contributed by atoms with E-state index in [9.17, 15) is 4.79 Å². The van der Waals surface area contributed by atoms with Crippen LogP contribution in [0.4, 0.5) is 0 Å². The Bertz CT molecular complexity index is 797. The molecule has 4 heteroatoms. The third kappa shape index (κ3) is 3.43. The third-order valence-electron chi connectivity index (χ3n) is 4.86. The summed E-state index contributed by atoms with van der Waals surface area (Å²) in [6.45, 7) is 2.80. The maximum absolute atomic E-state index is 12.8. The number of pyridine rings is 1. The molecular formula is C21H22N2O2. The number of hydrogen-bond acceptors (Lipinski definition) is 3. The zero-order chi connectivity index (χ0) is 17.2. The SMILES string of the molecule is CC(c1ccccn1)N(C(=O)/C=C/c1ccc2c(c1)CCO2)C1CC1. The Hall–Kier alpha value is -2.62. The highest BCUT2D eigenvalue weighted by Gasteiger charge is 2.35. The molecule has 0 N–H and O–H groups in total. The van der Waals surface area contributed by atoms with Crippen molar-refractivity contribution in [3.8, 4) is 5.75 Å². The van der Waals surface area contributed by atoms with Crippen LogP contribution in [0.1, 0.15) is 42.6 Å². The Kier molecular flexibility index (Phi) is 4.26. The molecule has 25 heavy (non-hydrogen) atoms. The molecule has 1 unspecified atom stereocenters. The number of hydrogen-bond donors (Lipinski definition) is 0. The van der Waals surface area contributed by atoms with Crippen LogP contribution in [0.3, 0.4) is 0 Å². The van der Waals surface area contributed by atoms with Gasteiger partial charge < -0.3 is 9.64 Å². The van der Waals surface area contributed by atoms with Crippen molar-refractivity contribution in [3.63, 3.8) is 0 Å². The molecule has 2 aromatic rings. The lowest BCUT2D eigenvalue weighted by atomic mass is 10.1. The lowest BCUT2D eigenvalue weighted by molar-refractivity contribution is -0.128. The standard InChI is InChI=1S/C21H22N2O2/c1-15(19-4-2-3-12-22-19)23(18-7-8-18)21(24)10-6-16-5-9-20-17(14-16)11-13-25-20/h2-6,9-10,12,14-15,18H,7-8,11,13H2,1H3/b10-6+. The highest BCUT2D eigenvalue weighted by Crippen LogP contribution is 2.34. The Morgan fingerprint density at radius 3 is 2.96 bits per heavy atom. The minimum atomic E-state index is -0.0146. The van der Waals surface area contributed by atoms with Crippen molar-refractivity contribution >= 4 is 12.0 Å². The fourth-order valence-corrected chi connectivity index (χ4v) is 3.37. The van der Waals surface area contributed by atoms with E-state index in [4.69, 9.17) is 4.74 Å². The fraction of sp³-hybridized carbons (Fsp3) is 0.333. The van der Waals surface area contributed by atoms with E-state index in [0.29, 0.717) is 6.04 Å². The quantitative estimate of drug-likeness (QED) is 0.782. The first-order valence-corrected chi connectivity index (χ1v) is 8.89. The number of ether oxygens (including phenoxy) is 1. The van der Waals surface area contributed by atoms with Crippen molar-refractivity contribution in [2.45, 2.75) is 38.3 Å². The number of rotatable bonds is 5. The van der Waals surface area contributed by atoms with Crippen molar-refractivity contribution in [1.29, 1.82) is 0 Å². The molecular weight excluding hydrogens is 312 g/mol. The summed E-state index contributed by atoms with van der Waals surface area (Å²) in [4.78, 5) is 19.2. The Labute approximate surface area is 148 Å². The van der Waals surface area contributed by atoms with Gasteiger partial charge in [-0.15, -0.1) is 0 Å². The molecule has 0 radical (unpaired) electrons. The Morgan fingerprint density at radius 2 is 2.20 bits per heavy atom. The first kappa shape index (κ1) is 15.9. The van der Waals surface area contributed by atoms with Crippen molar-refractivity contribution in [2.75, 3.05) is 6.61 Å². The second-order valence-electron chi connectivity index (χ2n) is 6.71. The number of aromatic nitrogens is 1. The average Bonchev–Trinajstić information content (AvgIpc) is 3.36. The molecule has 2 aliphatic rings. The molecule has 1 saturated carbocycles. The molecule has 128 valence electrons. The monoisotopic (exact) mass is 334 g/mol. The Balaban J connectivity index is 1.51. The number of benzene rings is 1. The lowest BCUT2D eigenvalue weighted by Gasteiger charge is -2.28. The maximum Gasteiger partial charge on any atom is 0.247 e. The van der Waals surface area contributed by atoms with E-state index >= 15 is 0 Å². The second kappa shape index (κ2) is 6.71. The summed E-state index contributed by atoms with van der Waals surface area (Å²) >= 11 is 0. The summed E-state index contributed by atoms with van der Waals surface area (Å²) in [6.07, 6.45) is 8.47. The van der Waals surface area contributed by atoms with Gasteiger partial charge in [-0.2, -0.15) is 0 Å². The average molecular weight is 334 g/mol. The van der Waals surface area contributed by atoms with Crippen LogP contribution >= 0.6 is 0 Å². The van der Waals surface area contributed by atoms with Crippen LogP contribution in [0.25, 0.3) is 6.08 Å². The van der Waals surface area contributed by atoms with E-state index in [-0.39, 0.29) is 11.9 Å². The van der Waals surface area contributed by atoms with Gasteiger partial charge in [0.15, 0.2) is 0 Å².